The average Bonchev–Trinajstić information content (AvgIpc) is 3.14. The van der Waals surface area contributed by atoms with Crippen LogP contribution in [0.2, 0.25) is 0 Å². The van der Waals surface area contributed by atoms with E-state index in [9.17, 15) is 13.2 Å². The summed E-state index contributed by atoms with van der Waals surface area (Å²) in [5.41, 5.74) is 2.12. The van der Waals surface area contributed by atoms with Crippen molar-refractivity contribution >= 4 is 15.7 Å². The van der Waals surface area contributed by atoms with Gasteiger partial charge in [-0.15, -0.1) is 0 Å². The summed E-state index contributed by atoms with van der Waals surface area (Å²) in [7, 11) is -3.10. The van der Waals surface area contributed by atoms with Gasteiger partial charge in [0.1, 0.15) is 17.3 Å². The summed E-state index contributed by atoms with van der Waals surface area (Å²) in [6.07, 6.45) is 0.442. The predicted octanol–water partition coefficient (Wildman–Crippen LogP) is 2.80. The van der Waals surface area contributed by atoms with Crippen molar-refractivity contribution in [2.45, 2.75) is 39.8 Å². The summed E-state index contributed by atoms with van der Waals surface area (Å²) in [5.74, 6) is 1.87. The summed E-state index contributed by atoms with van der Waals surface area (Å²) >= 11 is 0. The Morgan fingerprint density at radius 2 is 1.89 bits per heavy atom. The third-order valence-corrected chi connectivity index (χ3v) is 6.40. The van der Waals surface area contributed by atoms with Crippen molar-refractivity contribution < 1.29 is 22.4 Å². The Labute approximate surface area is 160 Å². The number of carbonyl (C=O) groups is 1. The summed E-state index contributed by atoms with van der Waals surface area (Å²) in [6, 6.07) is 9.07. The number of rotatable bonds is 6. The first-order valence-corrected chi connectivity index (χ1v) is 10.8. The lowest BCUT2D eigenvalue weighted by Gasteiger charge is -2.27. The summed E-state index contributed by atoms with van der Waals surface area (Å²) in [6.45, 7) is 5.87. The number of amides is 1. The molecule has 1 aliphatic rings. The van der Waals surface area contributed by atoms with E-state index in [2.05, 4.69) is 0 Å². The second kappa shape index (κ2) is 7.76. The van der Waals surface area contributed by atoms with E-state index < -0.39 is 9.84 Å². The topological polar surface area (TPSA) is 76.8 Å². The zero-order chi connectivity index (χ0) is 19.6. The fraction of sp³-hybridized carbons (Fsp3) is 0.450. The third-order valence-electron chi connectivity index (χ3n) is 4.65. The normalized spacial score (nSPS) is 18.4. The first-order valence-electron chi connectivity index (χ1n) is 8.98. The number of furan rings is 1. The lowest BCUT2D eigenvalue weighted by molar-refractivity contribution is -0.136. The number of sulfone groups is 1. The van der Waals surface area contributed by atoms with E-state index in [-0.39, 0.29) is 36.6 Å². The van der Waals surface area contributed by atoms with Gasteiger partial charge in [-0.05, 0) is 62.6 Å². The molecule has 1 saturated heterocycles. The molecule has 1 atom stereocenters. The molecule has 1 aromatic heterocycles. The number of nitrogens with zero attached hydrogens (tertiary/aromatic N) is 1. The predicted molar refractivity (Wildman–Crippen MR) is 102 cm³/mol. The van der Waals surface area contributed by atoms with Crippen LogP contribution in [-0.2, 0) is 21.2 Å². The Bertz CT molecular complexity index is 911. The van der Waals surface area contributed by atoms with Crippen LogP contribution >= 0.6 is 0 Å². The van der Waals surface area contributed by atoms with Crippen LogP contribution in [0.15, 0.2) is 34.7 Å². The van der Waals surface area contributed by atoms with Crippen LogP contribution < -0.4 is 4.74 Å². The lowest BCUT2D eigenvalue weighted by atomic mass is 10.1. The molecule has 0 N–H and O–H groups in total. The van der Waals surface area contributed by atoms with E-state index in [0.717, 1.165) is 16.9 Å². The minimum absolute atomic E-state index is 0.0119. The second-order valence-electron chi connectivity index (χ2n) is 7.20. The van der Waals surface area contributed by atoms with Crippen LogP contribution in [0.25, 0.3) is 0 Å². The molecule has 1 aliphatic heterocycles. The quantitative estimate of drug-likeness (QED) is 0.757. The molecule has 0 saturated carbocycles. The van der Waals surface area contributed by atoms with E-state index in [1.54, 1.807) is 4.90 Å². The highest BCUT2D eigenvalue weighted by molar-refractivity contribution is 7.91. The van der Waals surface area contributed by atoms with E-state index >= 15 is 0 Å². The average molecular weight is 391 g/mol. The van der Waals surface area contributed by atoms with Crippen molar-refractivity contribution in [1.29, 1.82) is 0 Å². The smallest absolute Gasteiger partial charge is 0.261 e. The van der Waals surface area contributed by atoms with Gasteiger partial charge in [0, 0.05) is 6.04 Å². The molecule has 1 aromatic carbocycles. The molecule has 0 aliphatic carbocycles. The van der Waals surface area contributed by atoms with Gasteiger partial charge in [0.2, 0.25) is 0 Å². The monoisotopic (exact) mass is 391 g/mol. The summed E-state index contributed by atoms with van der Waals surface area (Å²) in [4.78, 5) is 14.4. The largest absolute Gasteiger partial charge is 0.484 e. The number of benzene rings is 1. The maximum atomic E-state index is 12.9. The zero-order valence-corrected chi connectivity index (χ0v) is 16.7. The highest BCUT2D eigenvalue weighted by atomic mass is 32.2. The van der Waals surface area contributed by atoms with Gasteiger partial charge in [0.25, 0.3) is 5.91 Å². The molecule has 27 heavy (non-hydrogen) atoms. The van der Waals surface area contributed by atoms with Gasteiger partial charge in [-0.3, -0.25) is 4.79 Å². The van der Waals surface area contributed by atoms with Gasteiger partial charge in [0.15, 0.2) is 16.4 Å². The number of carbonyl (C=O) groups excluding carboxylic acids is 1. The van der Waals surface area contributed by atoms with Gasteiger partial charge in [-0.25, -0.2) is 8.42 Å². The van der Waals surface area contributed by atoms with Gasteiger partial charge in [0.05, 0.1) is 18.1 Å². The third kappa shape index (κ3) is 5.13. The van der Waals surface area contributed by atoms with Gasteiger partial charge >= 0.3 is 0 Å². The molecule has 7 heteroatoms. The Balaban J connectivity index is 1.73. The Morgan fingerprint density at radius 1 is 1.19 bits per heavy atom. The van der Waals surface area contributed by atoms with Crippen molar-refractivity contribution in [3.63, 3.8) is 0 Å². The Morgan fingerprint density at radius 3 is 2.44 bits per heavy atom. The molecule has 1 fully saturated rings. The molecule has 3 rings (SSSR count). The minimum Gasteiger partial charge on any atom is -0.484 e. The van der Waals surface area contributed by atoms with Crippen LogP contribution in [0.1, 0.15) is 29.1 Å². The molecular formula is C20H25NO5S. The molecule has 0 unspecified atom stereocenters. The fourth-order valence-corrected chi connectivity index (χ4v) is 5.16. The number of aryl methyl sites for hydroxylation is 3. The van der Waals surface area contributed by atoms with Gasteiger partial charge < -0.3 is 14.1 Å². The van der Waals surface area contributed by atoms with Gasteiger partial charge in [-0.2, -0.15) is 0 Å². The maximum absolute atomic E-state index is 12.9. The highest BCUT2D eigenvalue weighted by Gasteiger charge is 2.35. The molecule has 2 heterocycles. The molecule has 1 amide bonds. The van der Waals surface area contributed by atoms with Crippen LogP contribution in [-0.4, -0.2) is 43.4 Å². The van der Waals surface area contributed by atoms with Gasteiger partial charge in [-0.1, -0.05) is 6.07 Å². The standard InChI is InChI=1S/C20H25NO5S/c1-14-8-15(2)10-19(9-14)25-12-20(22)21(11-18-5-4-16(3)26-18)17-6-7-27(23,24)13-17/h4-5,8-10,17H,6-7,11-13H2,1-3H3/t17-/m1/s1. The van der Waals surface area contributed by atoms with Crippen molar-refractivity contribution in [3.05, 3.63) is 53.0 Å². The first kappa shape index (κ1) is 19.5. The van der Waals surface area contributed by atoms with E-state index in [1.807, 2.05) is 51.1 Å². The van der Waals surface area contributed by atoms with Crippen LogP contribution in [0.3, 0.4) is 0 Å². The molecule has 2 aromatic rings. The Hall–Kier alpha value is -2.28. The number of ether oxygens (including phenoxy) is 1. The fourth-order valence-electron chi connectivity index (χ4n) is 3.42. The summed E-state index contributed by atoms with van der Waals surface area (Å²) in [5, 5.41) is 0. The van der Waals surface area contributed by atoms with E-state index in [4.69, 9.17) is 9.15 Å². The number of hydrogen-bond acceptors (Lipinski definition) is 5. The van der Waals surface area contributed by atoms with Crippen LogP contribution in [0.5, 0.6) is 5.75 Å². The molecule has 0 spiro atoms. The molecule has 146 valence electrons. The molecule has 0 radical (unpaired) electrons. The number of hydrogen-bond donors (Lipinski definition) is 0. The highest BCUT2D eigenvalue weighted by Crippen LogP contribution is 2.22. The SMILES string of the molecule is Cc1cc(C)cc(OCC(=O)N(Cc2ccc(C)o2)[C@@H]2CCS(=O)(=O)C2)c1. The van der Waals surface area contributed by atoms with Crippen molar-refractivity contribution in [2.75, 3.05) is 18.1 Å². The molecular weight excluding hydrogens is 366 g/mol. The van der Waals surface area contributed by atoms with E-state index in [1.165, 1.54) is 0 Å². The summed E-state index contributed by atoms with van der Waals surface area (Å²) < 4.78 is 35.1. The van der Waals surface area contributed by atoms with Crippen molar-refractivity contribution in [1.82, 2.24) is 4.90 Å². The van der Waals surface area contributed by atoms with Crippen molar-refractivity contribution in [3.8, 4) is 5.75 Å². The minimum atomic E-state index is -3.10. The van der Waals surface area contributed by atoms with Crippen LogP contribution in [0.4, 0.5) is 0 Å². The van der Waals surface area contributed by atoms with Crippen molar-refractivity contribution in [2.24, 2.45) is 0 Å². The van der Waals surface area contributed by atoms with Crippen LogP contribution in [0, 0.1) is 20.8 Å². The molecule has 0 bridgehead atoms. The molecule has 6 nitrogen and oxygen atoms in total. The Kier molecular flexibility index (Phi) is 5.60. The first-order chi connectivity index (χ1) is 12.7. The maximum Gasteiger partial charge on any atom is 0.261 e. The van der Waals surface area contributed by atoms with E-state index in [0.29, 0.717) is 17.9 Å². The second-order valence-corrected chi connectivity index (χ2v) is 9.43. The zero-order valence-electron chi connectivity index (χ0n) is 15.9. The lowest BCUT2D eigenvalue weighted by Crippen LogP contribution is -2.43.